The van der Waals surface area contributed by atoms with Gasteiger partial charge in [-0.25, -0.2) is 0 Å². The number of para-hydroxylation sites is 1. The summed E-state index contributed by atoms with van der Waals surface area (Å²) in [6, 6.07) is 75.9. The van der Waals surface area contributed by atoms with Crippen LogP contribution in [-0.2, 0) is 10.8 Å². The van der Waals surface area contributed by atoms with Gasteiger partial charge in [0, 0.05) is 22.5 Å². The first-order valence-corrected chi connectivity index (χ1v) is 23.8. The van der Waals surface area contributed by atoms with Crippen molar-refractivity contribution in [2.24, 2.45) is 0 Å². The van der Waals surface area contributed by atoms with Crippen molar-refractivity contribution in [3.63, 3.8) is 0 Å². The van der Waals surface area contributed by atoms with Crippen molar-refractivity contribution in [2.75, 3.05) is 4.90 Å². The van der Waals surface area contributed by atoms with E-state index < -0.39 is 0 Å². The van der Waals surface area contributed by atoms with E-state index >= 15 is 0 Å². The van der Waals surface area contributed by atoms with E-state index in [9.17, 15) is 0 Å². The SMILES string of the molecule is CC(C)(C)c1ccc2cc3c(cc2c1)-c1cc2ccc(N(c4ccc5cc6c(cc5c4)-c4cc5ccc(C(C)(C)C)cc5cc4-6)c4c(-c5ccccc5)cccc4-c4ccccc4)cc2cc1-3. The van der Waals surface area contributed by atoms with Gasteiger partial charge in [0.15, 0.2) is 0 Å². The largest absolute Gasteiger partial charge is 0.309 e. The van der Waals surface area contributed by atoms with Crippen LogP contribution in [0.25, 0.3) is 110 Å². The highest BCUT2D eigenvalue weighted by Gasteiger charge is 2.28. The van der Waals surface area contributed by atoms with Crippen LogP contribution in [0.4, 0.5) is 17.1 Å². The number of hydrogen-bond donors (Lipinski definition) is 0. The molecule has 0 fully saturated rings. The van der Waals surface area contributed by atoms with Gasteiger partial charge in [-0.15, -0.1) is 0 Å². The van der Waals surface area contributed by atoms with Crippen LogP contribution in [0.2, 0.25) is 0 Å². The highest BCUT2D eigenvalue weighted by molar-refractivity contribution is 6.14. The molecule has 0 radical (unpaired) electrons. The Bertz CT molecular complexity index is 3610. The van der Waals surface area contributed by atoms with Gasteiger partial charge in [-0.2, -0.15) is 0 Å². The first-order valence-electron chi connectivity index (χ1n) is 23.8. The standard InChI is InChI=1S/C66H51N/c1-65(2,3)50-24-20-42-32-56-60(36-46(42)28-50)58-34-44-22-26-52(30-48(44)38-62(56)58)67(64-54(40-14-9-7-10-15-40)18-13-19-55(64)41-16-11-8-12-17-41)53-27-23-45-35-59-61-37-47-29-51(66(4,5)6)25-21-43(47)33-57(61)63(59)39-49(45)31-53/h7-39H,1-6H3. The number of nitrogens with zero attached hydrogens (tertiary/aromatic N) is 1. The maximum atomic E-state index is 2.52. The molecule has 0 saturated carbocycles. The van der Waals surface area contributed by atoms with Gasteiger partial charge in [0.05, 0.1) is 5.69 Å². The Morgan fingerprint density at radius 1 is 0.254 bits per heavy atom. The summed E-state index contributed by atoms with van der Waals surface area (Å²) in [5, 5.41) is 10.2. The Kier molecular flexibility index (Phi) is 8.50. The van der Waals surface area contributed by atoms with Gasteiger partial charge in [-0.1, -0.05) is 169 Å². The highest BCUT2D eigenvalue weighted by Crippen LogP contribution is 2.54. The van der Waals surface area contributed by atoms with Crippen LogP contribution >= 0.6 is 0 Å². The summed E-state index contributed by atoms with van der Waals surface area (Å²) < 4.78 is 0. The first kappa shape index (κ1) is 39.6. The summed E-state index contributed by atoms with van der Waals surface area (Å²) >= 11 is 0. The zero-order valence-corrected chi connectivity index (χ0v) is 39.0. The molecule has 2 aliphatic rings. The topological polar surface area (TPSA) is 3.24 Å². The lowest BCUT2D eigenvalue weighted by Gasteiger charge is -2.32. The molecule has 13 rings (SSSR count). The number of anilines is 3. The van der Waals surface area contributed by atoms with E-state index in [2.05, 4.69) is 247 Å². The molecule has 0 atom stereocenters. The van der Waals surface area contributed by atoms with Gasteiger partial charge in [-0.3, -0.25) is 0 Å². The summed E-state index contributed by atoms with van der Waals surface area (Å²) in [7, 11) is 0. The number of benzene rings is 11. The van der Waals surface area contributed by atoms with E-state index in [1.807, 2.05) is 0 Å². The third-order valence-electron chi connectivity index (χ3n) is 14.7. The normalized spacial score (nSPS) is 12.6. The molecule has 11 aromatic rings. The van der Waals surface area contributed by atoms with Gasteiger partial charge in [0.25, 0.3) is 0 Å². The Hall–Kier alpha value is -7.74. The molecule has 2 aliphatic carbocycles. The molecule has 0 aliphatic heterocycles. The van der Waals surface area contributed by atoms with E-state index in [4.69, 9.17) is 0 Å². The molecule has 1 nitrogen and oxygen atoms in total. The minimum atomic E-state index is 0.104. The third-order valence-corrected chi connectivity index (χ3v) is 14.7. The molecule has 0 aromatic heterocycles. The van der Waals surface area contributed by atoms with E-state index in [-0.39, 0.29) is 10.8 Å². The lowest BCUT2D eigenvalue weighted by Crippen LogP contribution is -2.13. The van der Waals surface area contributed by atoms with E-state index in [0.29, 0.717) is 0 Å². The Morgan fingerprint density at radius 3 is 0.910 bits per heavy atom. The predicted molar refractivity (Wildman–Crippen MR) is 288 cm³/mol. The monoisotopic (exact) mass is 857 g/mol. The lowest BCUT2D eigenvalue weighted by molar-refractivity contribution is 0.591. The van der Waals surface area contributed by atoms with Crippen molar-refractivity contribution in [1.82, 2.24) is 0 Å². The van der Waals surface area contributed by atoms with Gasteiger partial charge < -0.3 is 4.90 Å². The van der Waals surface area contributed by atoms with Crippen LogP contribution in [0.1, 0.15) is 52.7 Å². The smallest absolute Gasteiger partial charge is 0.0618 e. The van der Waals surface area contributed by atoms with Gasteiger partial charge in [-0.05, 0) is 193 Å². The van der Waals surface area contributed by atoms with Crippen molar-refractivity contribution in [2.45, 2.75) is 52.4 Å². The molecular formula is C66H51N. The van der Waals surface area contributed by atoms with E-state index in [1.165, 1.54) is 121 Å². The van der Waals surface area contributed by atoms with Crippen LogP contribution in [-0.4, -0.2) is 0 Å². The van der Waals surface area contributed by atoms with Crippen LogP contribution in [0.5, 0.6) is 0 Å². The van der Waals surface area contributed by atoms with E-state index in [0.717, 1.165) is 17.1 Å². The zero-order valence-electron chi connectivity index (χ0n) is 39.0. The second-order valence-electron chi connectivity index (χ2n) is 21.0. The van der Waals surface area contributed by atoms with Gasteiger partial charge in [0.2, 0.25) is 0 Å². The first-order chi connectivity index (χ1) is 32.4. The molecule has 67 heavy (non-hydrogen) atoms. The van der Waals surface area contributed by atoms with Gasteiger partial charge >= 0.3 is 0 Å². The summed E-state index contributed by atoms with van der Waals surface area (Å²) in [6.07, 6.45) is 0. The molecule has 1 heteroatoms. The average Bonchev–Trinajstić information content (AvgIpc) is 3.34. The number of fused-ring (bicyclic) bond motifs is 12. The predicted octanol–water partition coefficient (Wildman–Crippen LogP) is 19.0. The summed E-state index contributed by atoms with van der Waals surface area (Å²) in [4.78, 5) is 2.52. The molecule has 0 saturated heterocycles. The molecule has 0 N–H and O–H groups in total. The average molecular weight is 858 g/mol. The quantitative estimate of drug-likeness (QED) is 0.167. The molecule has 0 heterocycles. The van der Waals surface area contributed by atoms with Crippen molar-refractivity contribution in [3.05, 3.63) is 211 Å². The van der Waals surface area contributed by atoms with E-state index in [1.54, 1.807) is 0 Å². The molecule has 11 aromatic carbocycles. The maximum Gasteiger partial charge on any atom is 0.0618 e. The van der Waals surface area contributed by atoms with Crippen molar-refractivity contribution in [1.29, 1.82) is 0 Å². The fraction of sp³-hybridized carbons (Fsp3) is 0.121. The van der Waals surface area contributed by atoms with Gasteiger partial charge in [0.1, 0.15) is 0 Å². The van der Waals surface area contributed by atoms with Crippen molar-refractivity contribution >= 4 is 60.2 Å². The number of hydrogen-bond acceptors (Lipinski definition) is 1. The molecule has 0 bridgehead atoms. The van der Waals surface area contributed by atoms with Crippen LogP contribution in [0.15, 0.2) is 200 Å². The Balaban J connectivity index is 0.986. The Labute approximate surface area is 393 Å². The minimum absolute atomic E-state index is 0.104. The lowest BCUT2D eigenvalue weighted by atomic mass is 9.77. The van der Waals surface area contributed by atoms with Crippen molar-refractivity contribution in [3.8, 4) is 66.8 Å². The fourth-order valence-corrected chi connectivity index (χ4v) is 10.9. The third kappa shape index (κ3) is 6.36. The number of rotatable bonds is 5. The summed E-state index contributed by atoms with van der Waals surface area (Å²) in [5.74, 6) is 0. The summed E-state index contributed by atoms with van der Waals surface area (Å²) in [5.41, 5.74) is 21.8. The molecule has 0 unspecified atom stereocenters. The summed E-state index contributed by atoms with van der Waals surface area (Å²) in [6.45, 7) is 13.8. The second kappa shape index (κ2) is 14.4. The van der Waals surface area contributed by atoms with Crippen LogP contribution in [0.3, 0.4) is 0 Å². The highest BCUT2D eigenvalue weighted by atomic mass is 15.1. The Morgan fingerprint density at radius 2 is 0.567 bits per heavy atom. The van der Waals surface area contributed by atoms with Crippen LogP contribution < -0.4 is 4.90 Å². The van der Waals surface area contributed by atoms with Crippen LogP contribution in [0, 0.1) is 0 Å². The molecule has 320 valence electrons. The zero-order chi connectivity index (χ0) is 45.3. The fourth-order valence-electron chi connectivity index (χ4n) is 10.9. The minimum Gasteiger partial charge on any atom is -0.309 e. The molecule has 0 spiro atoms. The molecular weight excluding hydrogens is 807 g/mol. The van der Waals surface area contributed by atoms with Crippen molar-refractivity contribution < 1.29 is 0 Å². The molecule has 0 amide bonds. The second-order valence-corrected chi connectivity index (χ2v) is 21.0. The maximum absolute atomic E-state index is 2.52.